The van der Waals surface area contributed by atoms with E-state index in [0.29, 0.717) is 10.9 Å². The Morgan fingerprint density at radius 2 is 1.71 bits per heavy atom. The second-order valence-corrected chi connectivity index (χ2v) is 8.93. The molecule has 0 saturated heterocycles. The van der Waals surface area contributed by atoms with Crippen molar-refractivity contribution in [2.24, 2.45) is 0 Å². The van der Waals surface area contributed by atoms with Crippen molar-refractivity contribution in [3.8, 4) is 11.1 Å². The van der Waals surface area contributed by atoms with Gasteiger partial charge in [0.1, 0.15) is 5.82 Å². The van der Waals surface area contributed by atoms with E-state index in [4.69, 9.17) is 23.2 Å². The highest BCUT2D eigenvalue weighted by Gasteiger charge is 2.25. The summed E-state index contributed by atoms with van der Waals surface area (Å²) in [5, 5.41) is 0.856. The molecule has 8 heteroatoms. The van der Waals surface area contributed by atoms with Gasteiger partial charge in [-0.25, -0.2) is 21.8 Å². The molecule has 2 heterocycles. The van der Waals surface area contributed by atoms with Crippen LogP contribution in [0.4, 0.5) is 4.39 Å². The topological polar surface area (TPSA) is 52.0 Å². The molecule has 2 aromatic heterocycles. The zero-order valence-corrected chi connectivity index (χ0v) is 16.9. The lowest BCUT2D eigenvalue weighted by molar-refractivity contribution is 0.588. The molecular weight excluding hydrogens is 422 g/mol. The molecule has 0 bridgehead atoms. The summed E-state index contributed by atoms with van der Waals surface area (Å²) < 4.78 is 42.0. The van der Waals surface area contributed by atoms with Crippen molar-refractivity contribution in [3.05, 3.63) is 82.4 Å². The van der Waals surface area contributed by atoms with Crippen LogP contribution in [0.3, 0.4) is 0 Å². The number of pyridine rings is 1. The number of nitrogens with zero attached hydrogens (tertiary/aromatic N) is 2. The Balaban J connectivity index is 2.04. The summed E-state index contributed by atoms with van der Waals surface area (Å²) in [6.07, 6.45) is 2.75. The Morgan fingerprint density at radius 3 is 2.39 bits per heavy atom. The van der Waals surface area contributed by atoms with E-state index in [2.05, 4.69) is 4.98 Å². The molecule has 0 saturated carbocycles. The quantitative estimate of drug-likeness (QED) is 0.415. The van der Waals surface area contributed by atoms with Gasteiger partial charge in [0.25, 0.3) is 10.0 Å². The van der Waals surface area contributed by atoms with E-state index in [1.54, 1.807) is 12.1 Å². The summed E-state index contributed by atoms with van der Waals surface area (Å²) in [6.45, 7) is 1.87. The molecule has 0 amide bonds. The van der Waals surface area contributed by atoms with Gasteiger partial charge < -0.3 is 0 Å². The van der Waals surface area contributed by atoms with Crippen LogP contribution in [0.15, 0.2) is 65.8 Å². The Morgan fingerprint density at radius 1 is 1.00 bits per heavy atom. The van der Waals surface area contributed by atoms with Crippen LogP contribution in [-0.4, -0.2) is 17.4 Å². The average Bonchev–Trinajstić information content (AvgIpc) is 3.04. The predicted octanol–water partition coefficient (Wildman–Crippen LogP) is 5.69. The molecule has 4 aromatic rings. The molecule has 4 rings (SSSR count). The van der Waals surface area contributed by atoms with Crippen LogP contribution in [0.25, 0.3) is 22.2 Å². The number of aromatic nitrogens is 2. The molecule has 2 aromatic carbocycles. The van der Waals surface area contributed by atoms with Crippen molar-refractivity contribution in [2.45, 2.75) is 11.8 Å². The highest BCUT2D eigenvalue weighted by Crippen LogP contribution is 2.37. The second kappa shape index (κ2) is 6.88. The number of benzene rings is 2. The summed E-state index contributed by atoms with van der Waals surface area (Å²) in [5.41, 5.74) is 1.55. The minimum absolute atomic E-state index is 0.0971. The number of aryl methyl sites for hydroxylation is 1. The van der Waals surface area contributed by atoms with Crippen molar-refractivity contribution in [3.63, 3.8) is 0 Å². The van der Waals surface area contributed by atoms with E-state index in [9.17, 15) is 12.8 Å². The summed E-state index contributed by atoms with van der Waals surface area (Å²) in [5.74, 6) is -0.584. The third kappa shape index (κ3) is 3.07. The zero-order valence-electron chi connectivity index (χ0n) is 14.5. The van der Waals surface area contributed by atoms with E-state index >= 15 is 0 Å². The second-order valence-electron chi connectivity index (χ2n) is 6.27. The fourth-order valence-electron chi connectivity index (χ4n) is 3.01. The monoisotopic (exact) mass is 434 g/mol. The van der Waals surface area contributed by atoms with Gasteiger partial charge in [0.15, 0.2) is 5.65 Å². The SMILES string of the molecule is Cc1ccc(S(=O)(=O)n2cc(-c3ccc(Cl)cc3F)c3c(Cl)ccnc32)cc1. The molecule has 0 fully saturated rings. The number of halogens is 3. The Kier molecular flexibility index (Phi) is 4.65. The minimum Gasteiger partial charge on any atom is -0.237 e. The molecule has 0 spiro atoms. The van der Waals surface area contributed by atoms with Crippen LogP contribution < -0.4 is 0 Å². The van der Waals surface area contributed by atoms with E-state index in [0.717, 1.165) is 9.54 Å². The molecule has 0 aliphatic rings. The Labute approximate surface area is 171 Å². The third-order valence-electron chi connectivity index (χ3n) is 4.40. The number of hydrogen-bond acceptors (Lipinski definition) is 3. The lowest BCUT2D eigenvalue weighted by Crippen LogP contribution is -2.12. The van der Waals surface area contributed by atoms with Crippen LogP contribution in [0.5, 0.6) is 0 Å². The van der Waals surface area contributed by atoms with E-state index in [-0.39, 0.29) is 26.2 Å². The normalized spacial score (nSPS) is 11.9. The average molecular weight is 435 g/mol. The fraction of sp³-hybridized carbons (Fsp3) is 0.0500. The van der Waals surface area contributed by atoms with Crippen LogP contribution >= 0.6 is 23.2 Å². The third-order valence-corrected chi connectivity index (χ3v) is 6.62. The van der Waals surface area contributed by atoms with Gasteiger partial charge in [-0.15, -0.1) is 0 Å². The van der Waals surface area contributed by atoms with Gasteiger partial charge in [0.05, 0.1) is 9.92 Å². The lowest BCUT2D eigenvalue weighted by atomic mass is 10.1. The first kappa shape index (κ1) is 18.9. The highest BCUT2D eigenvalue weighted by molar-refractivity contribution is 7.90. The number of fused-ring (bicyclic) bond motifs is 1. The largest absolute Gasteiger partial charge is 0.269 e. The van der Waals surface area contributed by atoms with Crippen molar-refractivity contribution in [1.82, 2.24) is 8.96 Å². The first-order chi connectivity index (χ1) is 13.3. The molecule has 0 unspecified atom stereocenters. The molecule has 142 valence electrons. The van der Waals surface area contributed by atoms with Gasteiger partial charge in [-0.05, 0) is 43.3 Å². The summed E-state index contributed by atoms with van der Waals surface area (Å²) in [7, 11) is -3.96. The van der Waals surface area contributed by atoms with Gasteiger partial charge in [0, 0.05) is 33.9 Å². The van der Waals surface area contributed by atoms with Crippen molar-refractivity contribution in [2.75, 3.05) is 0 Å². The Hall–Kier alpha value is -2.41. The molecule has 0 aliphatic carbocycles. The van der Waals surface area contributed by atoms with E-state index in [1.165, 1.54) is 48.8 Å². The van der Waals surface area contributed by atoms with Gasteiger partial charge in [-0.3, -0.25) is 0 Å². The lowest BCUT2D eigenvalue weighted by Gasteiger charge is -2.07. The van der Waals surface area contributed by atoms with Crippen LogP contribution in [-0.2, 0) is 10.0 Å². The van der Waals surface area contributed by atoms with Crippen molar-refractivity contribution in [1.29, 1.82) is 0 Å². The molecular formula is C20H13Cl2FN2O2S. The number of hydrogen-bond donors (Lipinski definition) is 0. The first-order valence-electron chi connectivity index (χ1n) is 8.22. The highest BCUT2D eigenvalue weighted by atomic mass is 35.5. The fourth-order valence-corrected chi connectivity index (χ4v) is 4.73. The van der Waals surface area contributed by atoms with Gasteiger partial charge in [-0.2, -0.15) is 0 Å². The first-order valence-corrected chi connectivity index (χ1v) is 10.4. The Bertz CT molecular complexity index is 1320. The molecule has 0 atom stereocenters. The summed E-state index contributed by atoms with van der Waals surface area (Å²) in [6, 6.07) is 12.2. The van der Waals surface area contributed by atoms with E-state index < -0.39 is 15.8 Å². The maximum Gasteiger partial charge on any atom is 0.269 e. The van der Waals surface area contributed by atoms with Gasteiger partial charge in [-0.1, -0.05) is 40.9 Å². The standard InChI is InChI=1S/C20H13Cl2FN2O2S/c1-12-2-5-14(6-3-12)28(26,27)25-11-16(15-7-4-13(21)10-18(15)23)19-17(22)8-9-24-20(19)25/h2-11H,1H3. The van der Waals surface area contributed by atoms with Gasteiger partial charge >= 0.3 is 0 Å². The van der Waals surface area contributed by atoms with E-state index in [1.807, 2.05) is 6.92 Å². The minimum atomic E-state index is -3.96. The molecule has 28 heavy (non-hydrogen) atoms. The number of rotatable bonds is 3. The van der Waals surface area contributed by atoms with Crippen LogP contribution in [0.1, 0.15) is 5.56 Å². The molecule has 0 aliphatic heterocycles. The maximum atomic E-state index is 14.6. The molecule has 0 radical (unpaired) electrons. The van der Waals surface area contributed by atoms with Crippen molar-refractivity contribution >= 4 is 44.3 Å². The smallest absolute Gasteiger partial charge is 0.237 e. The van der Waals surface area contributed by atoms with Crippen molar-refractivity contribution < 1.29 is 12.8 Å². The summed E-state index contributed by atoms with van der Waals surface area (Å²) >= 11 is 12.2. The predicted molar refractivity (Wildman–Crippen MR) is 109 cm³/mol. The zero-order chi connectivity index (χ0) is 20.1. The maximum absolute atomic E-state index is 14.6. The molecule has 0 N–H and O–H groups in total. The van der Waals surface area contributed by atoms with Crippen LogP contribution in [0.2, 0.25) is 10.0 Å². The van der Waals surface area contributed by atoms with Gasteiger partial charge in [0.2, 0.25) is 0 Å². The summed E-state index contributed by atoms with van der Waals surface area (Å²) in [4.78, 5) is 4.29. The van der Waals surface area contributed by atoms with Crippen LogP contribution in [0, 0.1) is 12.7 Å². The molecule has 4 nitrogen and oxygen atoms in total.